The number of aromatic nitrogens is 3. The molecule has 0 atom stereocenters. The van der Waals surface area contributed by atoms with Crippen molar-refractivity contribution in [2.45, 2.75) is 6.42 Å². The SMILES string of the molecule is Fc1ccccc1-c1nnc(-c2cncc(-c3ccc4c(c3)CCO4)c2)o1. The molecule has 1 aliphatic rings. The molecule has 4 aromatic rings. The molecule has 0 fully saturated rings. The highest BCUT2D eigenvalue weighted by molar-refractivity contribution is 5.70. The van der Waals surface area contributed by atoms with Crippen LogP contribution in [0.15, 0.2) is 65.3 Å². The average molecular weight is 359 g/mol. The van der Waals surface area contributed by atoms with Crippen LogP contribution in [-0.4, -0.2) is 21.8 Å². The summed E-state index contributed by atoms with van der Waals surface area (Å²) in [6.07, 6.45) is 4.35. The summed E-state index contributed by atoms with van der Waals surface area (Å²) in [6.45, 7) is 0.720. The van der Waals surface area contributed by atoms with Gasteiger partial charge in [-0.1, -0.05) is 18.2 Å². The smallest absolute Gasteiger partial charge is 0.251 e. The van der Waals surface area contributed by atoms with Crippen LogP contribution < -0.4 is 4.74 Å². The van der Waals surface area contributed by atoms with Crippen LogP contribution in [0.2, 0.25) is 0 Å². The second-order valence-corrected chi connectivity index (χ2v) is 6.28. The molecule has 5 rings (SSSR count). The summed E-state index contributed by atoms with van der Waals surface area (Å²) >= 11 is 0. The number of hydrogen-bond acceptors (Lipinski definition) is 5. The van der Waals surface area contributed by atoms with Gasteiger partial charge in [-0.3, -0.25) is 4.98 Å². The lowest BCUT2D eigenvalue weighted by Gasteiger charge is -2.05. The lowest BCUT2D eigenvalue weighted by Crippen LogP contribution is -1.86. The third-order valence-corrected chi connectivity index (χ3v) is 4.54. The number of fused-ring (bicyclic) bond motifs is 1. The molecule has 3 heterocycles. The molecule has 0 saturated heterocycles. The van der Waals surface area contributed by atoms with Crippen molar-refractivity contribution in [1.82, 2.24) is 15.2 Å². The minimum atomic E-state index is -0.403. The molecule has 0 N–H and O–H groups in total. The first kappa shape index (κ1) is 15.7. The largest absolute Gasteiger partial charge is 0.493 e. The highest BCUT2D eigenvalue weighted by Gasteiger charge is 2.16. The first-order valence-corrected chi connectivity index (χ1v) is 8.58. The number of halogens is 1. The van der Waals surface area contributed by atoms with E-state index in [-0.39, 0.29) is 11.5 Å². The maximum absolute atomic E-state index is 13.9. The fraction of sp³-hybridized carbons (Fsp3) is 0.0952. The van der Waals surface area contributed by atoms with Crippen molar-refractivity contribution in [2.75, 3.05) is 6.61 Å². The Kier molecular flexibility index (Phi) is 3.67. The van der Waals surface area contributed by atoms with E-state index in [1.54, 1.807) is 30.6 Å². The second kappa shape index (κ2) is 6.32. The summed E-state index contributed by atoms with van der Waals surface area (Å²) in [7, 11) is 0. The molecular weight excluding hydrogens is 345 g/mol. The average Bonchev–Trinajstić information content (AvgIpc) is 3.37. The molecule has 5 nitrogen and oxygen atoms in total. The van der Waals surface area contributed by atoms with Crippen LogP contribution in [0.3, 0.4) is 0 Å². The molecule has 132 valence electrons. The standard InChI is InChI=1S/C21H14FN3O2/c22-18-4-2-1-3-17(18)21-25-24-20(27-21)16-10-15(11-23-12-16)13-5-6-19-14(9-13)7-8-26-19/h1-6,9-12H,7-8H2. The van der Waals surface area contributed by atoms with Crippen molar-refractivity contribution in [2.24, 2.45) is 0 Å². The normalized spacial score (nSPS) is 12.6. The molecule has 0 saturated carbocycles. The van der Waals surface area contributed by atoms with E-state index in [4.69, 9.17) is 9.15 Å². The monoisotopic (exact) mass is 359 g/mol. The zero-order chi connectivity index (χ0) is 18.2. The number of ether oxygens (including phenoxy) is 1. The lowest BCUT2D eigenvalue weighted by molar-refractivity contribution is 0.357. The maximum atomic E-state index is 13.9. The van der Waals surface area contributed by atoms with Crippen LogP contribution in [0.1, 0.15) is 5.56 Å². The van der Waals surface area contributed by atoms with Crippen molar-refractivity contribution >= 4 is 0 Å². The van der Waals surface area contributed by atoms with Gasteiger partial charge in [-0.05, 0) is 41.5 Å². The summed E-state index contributed by atoms with van der Waals surface area (Å²) in [6, 6.07) is 14.3. The van der Waals surface area contributed by atoms with Gasteiger partial charge in [0.1, 0.15) is 11.6 Å². The first-order valence-electron chi connectivity index (χ1n) is 8.58. The molecule has 0 aliphatic carbocycles. The van der Waals surface area contributed by atoms with Gasteiger partial charge in [-0.25, -0.2) is 4.39 Å². The van der Waals surface area contributed by atoms with Gasteiger partial charge in [0, 0.05) is 24.4 Å². The van der Waals surface area contributed by atoms with Crippen LogP contribution in [0.4, 0.5) is 4.39 Å². The zero-order valence-corrected chi connectivity index (χ0v) is 14.2. The minimum Gasteiger partial charge on any atom is -0.493 e. The highest BCUT2D eigenvalue weighted by Crippen LogP contribution is 2.32. The molecular formula is C21H14FN3O2. The molecule has 6 heteroatoms. The molecule has 0 bridgehead atoms. The van der Waals surface area contributed by atoms with Gasteiger partial charge in [-0.2, -0.15) is 0 Å². The summed E-state index contributed by atoms with van der Waals surface area (Å²) in [4.78, 5) is 4.30. The topological polar surface area (TPSA) is 61.0 Å². The Morgan fingerprint density at radius 2 is 1.70 bits per heavy atom. The molecule has 0 unspecified atom stereocenters. The van der Waals surface area contributed by atoms with Gasteiger partial charge in [-0.15, -0.1) is 10.2 Å². The predicted molar refractivity (Wildman–Crippen MR) is 97.6 cm³/mol. The van der Waals surface area contributed by atoms with Crippen LogP contribution >= 0.6 is 0 Å². The van der Waals surface area contributed by atoms with Crippen molar-refractivity contribution in [3.63, 3.8) is 0 Å². The van der Waals surface area contributed by atoms with Gasteiger partial charge < -0.3 is 9.15 Å². The Hall–Kier alpha value is -3.54. The number of hydrogen-bond donors (Lipinski definition) is 0. The third-order valence-electron chi connectivity index (χ3n) is 4.54. The number of benzene rings is 2. The van der Waals surface area contributed by atoms with Crippen LogP contribution in [0.5, 0.6) is 5.75 Å². The van der Waals surface area contributed by atoms with Gasteiger partial charge in [0.15, 0.2) is 0 Å². The van der Waals surface area contributed by atoms with E-state index in [1.165, 1.54) is 11.6 Å². The molecule has 0 spiro atoms. The predicted octanol–water partition coefficient (Wildman–Crippen LogP) is 4.54. The molecule has 27 heavy (non-hydrogen) atoms. The van der Waals surface area contributed by atoms with E-state index in [0.717, 1.165) is 29.9 Å². The first-order chi connectivity index (χ1) is 13.3. The Morgan fingerprint density at radius 3 is 2.63 bits per heavy atom. The van der Waals surface area contributed by atoms with Gasteiger partial charge in [0.05, 0.1) is 17.7 Å². The van der Waals surface area contributed by atoms with E-state index >= 15 is 0 Å². The quantitative estimate of drug-likeness (QED) is 0.537. The zero-order valence-electron chi connectivity index (χ0n) is 14.2. The van der Waals surface area contributed by atoms with Crippen LogP contribution in [0, 0.1) is 5.82 Å². The van der Waals surface area contributed by atoms with E-state index in [0.29, 0.717) is 11.5 Å². The second-order valence-electron chi connectivity index (χ2n) is 6.28. The van der Waals surface area contributed by atoms with Gasteiger partial charge in [0.2, 0.25) is 5.89 Å². The van der Waals surface area contributed by atoms with Gasteiger partial charge >= 0.3 is 0 Å². The molecule has 2 aromatic heterocycles. The minimum absolute atomic E-state index is 0.142. The third kappa shape index (κ3) is 2.85. The summed E-state index contributed by atoms with van der Waals surface area (Å²) in [5.41, 5.74) is 4.13. The van der Waals surface area contributed by atoms with Crippen molar-refractivity contribution in [1.29, 1.82) is 0 Å². The van der Waals surface area contributed by atoms with E-state index in [2.05, 4.69) is 21.2 Å². The maximum Gasteiger partial charge on any atom is 0.251 e. The number of rotatable bonds is 3. The molecule has 1 aliphatic heterocycles. The summed E-state index contributed by atoms with van der Waals surface area (Å²) in [5, 5.41) is 8.03. The van der Waals surface area contributed by atoms with Crippen molar-refractivity contribution in [3.8, 4) is 39.8 Å². The Morgan fingerprint density at radius 1 is 0.852 bits per heavy atom. The fourth-order valence-electron chi connectivity index (χ4n) is 3.16. The highest BCUT2D eigenvalue weighted by atomic mass is 19.1. The van der Waals surface area contributed by atoms with Crippen molar-refractivity contribution in [3.05, 3.63) is 72.3 Å². The van der Waals surface area contributed by atoms with E-state index in [1.807, 2.05) is 18.2 Å². The van der Waals surface area contributed by atoms with E-state index < -0.39 is 5.82 Å². The summed E-state index contributed by atoms with van der Waals surface area (Å²) < 4.78 is 25.2. The Balaban J connectivity index is 1.50. The fourth-order valence-corrected chi connectivity index (χ4v) is 3.16. The molecule has 0 radical (unpaired) electrons. The van der Waals surface area contributed by atoms with Crippen molar-refractivity contribution < 1.29 is 13.5 Å². The van der Waals surface area contributed by atoms with Crippen LogP contribution in [0.25, 0.3) is 34.0 Å². The Bertz CT molecular complexity index is 1140. The molecule has 0 amide bonds. The van der Waals surface area contributed by atoms with Crippen LogP contribution in [-0.2, 0) is 6.42 Å². The summed E-state index contributed by atoms with van der Waals surface area (Å²) in [5.74, 6) is 0.976. The number of pyridine rings is 1. The van der Waals surface area contributed by atoms with E-state index in [9.17, 15) is 4.39 Å². The molecule has 2 aromatic carbocycles. The number of nitrogens with zero attached hydrogens (tertiary/aromatic N) is 3. The lowest BCUT2D eigenvalue weighted by atomic mass is 10.0. The van der Waals surface area contributed by atoms with Gasteiger partial charge in [0.25, 0.3) is 5.89 Å². The Labute approximate surface area is 154 Å².